The van der Waals surface area contributed by atoms with E-state index in [1.54, 1.807) is 0 Å². The number of rotatable bonds is 2. The molecule has 6 atom stereocenters. The third-order valence-corrected chi connectivity index (χ3v) is 6.04. The van der Waals surface area contributed by atoms with Gasteiger partial charge >= 0.3 is 0 Å². The lowest BCUT2D eigenvalue weighted by atomic mass is 9.65. The van der Waals surface area contributed by atoms with Crippen LogP contribution in [-0.2, 0) is 0 Å². The molecule has 2 heteroatoms. The molecular weight excluding hydrogens is 220 g/mol. The van der Waals surface area contributed by atoms with Crippen LogP contribution in [0.2, 0.25) is 0 Å². The second-order valence-corrected chi connectivity index (χ2v) is 7.29. The molecular formula is C16H32N2. The SMILES string of the molecule is CC1CC(C(C)C2CCC(N)C(C)C2)CCC1N. The number of nitrogens with two attached hydrogens (primary N) is 2. The average Bonchev–Trinajstić information content (AvgIpc) is 2.35. The molecule has 2 fully saturated rings. The van der Waals surface area contributed by atoms with Crippen LogP contribution in [0.3, 0.4) is 0 Å². The fourth-order valence-corrected chi connectivity index (χ4v) is 4.26. The van der Waals surface area contributed by atoms with Crippen LogP contribution in [0.1, 0.15) is 59.3 Å². The fraction of sp³-hybridized carbons (Fsp3) is 1.00. The maximum atomic E-state index is 6.14. The van der Waals surface area contributed by atoms with Crippen LogP contribution >= 0.6 is 0 Å². The van der Waals surface area contributed by atoms with Crippen molar-refractivity contribution in [3.63, 3.8) is 0 Å². The molecule has 6 unspecified atom stereocenters. The van der Waals surface area contributed by atoms with Gasteiger partial charge in [-0.3, -0.25) is 0 Å². The fourth-order valence-electron chi connectivity index (χ4n) is 4.26. The normalized spacial score (nSPS) is 47.8. The first-order valence-electron chi connectivity index (χ1n) is 8.00. The highest BCUT2D eigenvalue weighted by Gasteiger charge is 2.35. The largest absolute Gasteiger partial charge is 0.327 e. The van der Waals surface area contributed by atoms with Gasteiger partial charge in [-0.25, -0.2) is 0 Å². The molecule has 2 nitrogen and oxygen atoms in total. The molecule has 0 radical (unpaired) electrons. The van der Waals surface area contributed by atoms with Gasteiger partial charge in [0.15, 0.2) is 0 Å². The van der Waals surface area contributed by atoms with Gasteiger partial charge in [-0.15, -0.1) is 0 Å². The first kappa shape index (κ1) is 14.3. The van der Waals surface area contributed by atoms with Crippen molar-refractivity contribution in [1.29, 1.82) is 0 Å². The minimum Gasteiger partial charge on any atom is -0.327 e. The zero-order valence-electron chi connectivity index (χ0n) is 12.4. The summed E-state index contributed by atoms with van der Waals surface area (Å²) >= 11 is 0. The Labute approximate surface area is 113 Å². The van der Waals surface area contributed by atoms with Crippen molar-refractivity contribution in [3.05, 3.63) is 0 Å². The summed E-state index contributed by atoms with van der Waals surface area (Å²) in [4.78, 5) is 0. The molecule has 2 rings (SSSR count). The second kappa shape index (κ2) is 5.92. The van der Waals surface area contributed by atoms with Gasteiger partial charge in [0, 0.05) is 12.1 Å². The molecule has 0 heterocycles. The van der Waals surface area contributed by atoms with Crippen LogP contribution in [0.15, 0.2) is 0 Å². The lowest BCUT2D eigenvalue weighted by Gasteiger charge is -2.42. The van der Waals surface area contributed by atoms with Gasteiger partial charge in [0.25, 0.3) is 0 Å². The Kier molecular flexibility index (Phi) is 4.71. The molecule has 4 N–H and O–H groups in total. The summed E-state index contributed by atoms with van der Waals surface area (Å²) < 4.78 is 0. The zero-order chi connectivity index (χ0) is 13.3. The summed E-state index contributed by atoms with van der Waals surface area (Å²) in [6.07, 6.45) is 7.86. The lowest BCUT2D eigenvalue weighted by Crippen LogP contribution is -2.40. The molecule has 0 aromatic carbocycles. The molecule has 0 aromatic rings. The highest BCUT2D eigenvalue weighted by Crippen LogP contribution is 2.41. The zero-order valence-corrected chi connectivity index (χ0v) is 12.4. The molecule has 0 bridgehead atoms. The predicted molar refractivity (Wildman–Crippen MR) is 78.1 cm³/mol. The molecule has 2 saturated carbocycles. The number of hydrogen-bond acceptors (Lipinski definition) is 2. The smallest absolute Gasteiger partial charge is 0.00647 e. The van der Waals surface area contributed by atoms with Crippen LogP contribution in [-0.4, -0.2) is 12.1 Å². The summed E-state index contributed by atoms with van der Waals surface area (Å²) in [5.41, 5.74) is 12.3. The van der Waals surface area contributed by atoms with Gasteiger partial charge in [0.2, 0.25) is 0 Å². The standard InChI is InChI=1S/C16H32N2/c1-10-8-13(4-6-15(10)17)12(3)14-5-7-16(18)11(2)9-14/h10-16H,4-9,17-18H2,1-3H3. The van der Waals surface area contributed by atoms with Gasteiger partial charge in [0.05, 0.1) is 0 Å². The van der Waals surface area contributed by atoms with E-state index in [0.717, 1.165) is 29.6 Å². The van der Waals surface area contributed by atoms with Gasteiger partial charge in [-0.2, -0.15) is 0 Å². The van der Waals surface area contributed by atoms with Crippen molar-refractivity contribution >= 4 is 0 Å². The van der Waals surface area contributed by atoms with Crippen LogP contribution in [0.4, 0.5) is 0 Å². The monoisotopic (exact) mass is 252 g/mol. The maximum Gasteiger partial charge on any atom is 0.00647 e. The third-order valence-electron chi connectivity index (χ3n) is 6.04. The van der Waals surface area contributed by atoms with E-state index in [4.69, 9.17) is 11.5 Å². The Morgan fingerprint density at radius 3 is 1.50 bits per heavy atom. The van der Waals surface area contributed by atoms with Crippen LogP contribution < -0.4 is 11.5 Å². The molecule has 18 heavy (non-hydrogen) atoms. The Bertz CT molecular complexity index is 240. The van der Waals surface area contributed by atoms with E-state index in [-0.39, 0.29) is 0 Å². The van der Waals surface area contributed by atoms with E-state index in [1.807, 2.05) is 0 Å². The third kappa shape index (κ3) is 3.08. The van der Waals surface area contributed by atoms with E-state index >= 15 is 0 Å². The first-order chi connectivity index (χ1) is 8.49. The van der Waals surface area contributed by atoms with Crippen molar-refractivity contribution in [3.8, 4) is 0 Å². The number of hydrogen-bond donors (Lipinski definition) is 2. The van der Waals surface area contributed by atoms with Gasteiger partial charge in [0.1, 0.15) is 0 Å². The van der Waals surface area contributed by atoms with Crippen LogP contribution in [0.5, 0.6) is 0 Å². The Hall–Kier alpha value is -0.0800. The summed E-state index contributed by atoms with van der Waals surface area (Å²) in [6.45, 7) is 7.16. The van der Waals surface area contributed by atoms with Gasteiger partial charge < -0.3 is 11.5 Å². The van der Waals surface area contributed by atoms with E-state index in [1.165, 1.54) is 38.5 Å². The molecule has 2 aliphatic rings. The molecule has 0 spiro atoms. The molecule has 0 aromatic heterocycles. The maximum absolute atomic E-state index is 6.14. The Morgan fingerprint density at radius 2 is 1.17 bits per heavy atom. The van der Waals surface area contributed by atoms with Crippen molar-refractivity contribution in [1.82, 2.24) is 0 Å². The molecule has 0 saturated heterocycles. The van der Waals surface area contributed by atoms with E-state index in [2.05, 4.69) is 20.8 Å². The van der Waals surface area contributed by atoms with E-state index in [0.29, 0.717) is 12.1 Å². The average molecular weight is 252 g/mol. The predicted octanol–water partition coefficient (Wildman–Crippen LogP) is 3.15. The van der Waals surface area contributed by atoms with Crippen molar-refractivity contribution in [2.24, 2.45) is 41.1 Å². The lowest BCUT2D eigenvalue weighted by molar-refractivity contribution is 0.107. The summed E-state index contributed by atoms with van der Waals surface area (Å²) in [7, 11) is 0. The Balaban J connectivity index is 1.89. The molecule has 0 amide bonds. The van der Waals surface area contributed by atoms with Crippen molar-refractivity contribution < 1.29 is 0 Å². The van der Waals surface area contributed by atoms with Crippen molar-refractivity contribution in [2.75, 3.05) is 0 Å². The molecule has 106 valence electrons. The Morgan fingerprint density at radius 1 is 0.778 bits per heavy atom. The van der Waals surface area contributed by atoms with Gasteiger partial charge in [-0.1, -0.05) is 20.8 Å². The molecule has 0 aliphatic heterocycles. The quantitative estimate of drug-likeness (QED) is 0.793. The van der Waals surface area contributed by atoms with Crippen LogP contribution in [0, 0.1) is 29.6 Å². The summed E-state index contributed by atoms with van der Waals surface area (Å²) in [6, 6.07) is 0.902. The summed E-state index contributed by atoms with van der Waals surface area (Å²) in [5.74, 6) is 4.12. The first-order valence-corrected chi connectivity index (χ1v) is 8.00. The topological polar surface area (TPSA) is 52.0 Å². The minimum atomic E-state index is 0.451. The second-order valence-electron chi connectivity index (χ2n) is 7.29. The van der Waals surface area contributed by atoms with E-state index in [9.17, 15) is 0 Å². The molecule has 2 aliphatic carbocycles. The summed E-state index contributed by atoms with van der Waals surface area (Å²) in [5, 5.41) is 0. The van der Waals surface area contributed by atoms with Crippen molar-refractivity contribution in [2.45, 2.75) is 71.4 Å². The van der Waals surface area contributed by atoms with E-state index < -0.39 is 0 Å². The highest BCUT2D eigenvalue weighted by atomic mass is 14.7. The highest BCUT2D eigenvalue weighted by molar-refractivity contribution is 4.88. The minimum absolute atomic E-state index is 0.451. The van der Waals surface area contributed by atoms with Gasteiger partial charge in [-0.05, 0) is 68.1 Å². The van der Waals surface area contributed by atoms with Crippen LogP contribution in [0.25, 0.3) is 0 Å².